The van der Waals surface area contributed by atoms with Crippen molar-refractivity contribution >= 4 is 65.6 Å². The van der Waals surface area contributed by atoms with E-state index in [2.05, 4.69) is 58.3 Å². The zero-order chi connectivity index (χ0) is 20.3. The van der Waals surface area contributed by atoms with Crippen LogP contribution in [0.1, 0.15) is 5.56 Å². The highest BCUT2D eigenvalue weighted by atomic mass is 79.9. The van der Waals surface area contributed by atoms with Crippen molar-refractivity contribution in [2.24, 2.45) is 5.10 Å². The van der Waals surface area contributed by atoms with Crippen LogP contribution in [0.4, 0.5) is 5.69 Å². The number of nitro groups is 1. The average molecular weight is 580 g/mol. The first-order chi connectivity index (χ1) is 13.3. The summed E-state index contributed by atoms with van der Waals surface area (Å²) in [5, 5.41) is 14.9. The highest BCUT2D eigenvalue weighted by molar-refractivity contribution is 9.11. The van der Waals surface area contributed by atoms with E-state index in [9.17, 15) is 14.9 Å². The second-order valence-corrected chi connectivity index (χ2v) is 7.93. The van der Waals surface area contributed by atoms with Crippen LogP contribution in [0.5, 0.6) is 17.2 Å². The molecule has 146 valence electrons. The van der Waals surface area contributed by atoms with Gasteiger partial charge in [0, 0.05) is 4.47 Å². The quantitative estimate of drug-likeness (QED) is 0.313. The van der Waals surface area contributed by atoms with Crippen LogP contribution in [-0.2, 0) is 4.79 Å². The van der Waals surface area contributed by atoms with E-state index >= 15 is 0 Å². The minimum atomic E-state index is -0.573. The fraction of sp³-hybridized carbons (Fsp3) is 0.125. The Balaban J connectivity index is 1.64. The Labute approximate surface area is 183 Å². The molecule has 1 N–H and O–H groups in total. The van der Waals surface area contributed by atoms with E-state index in [0.29, 0.717) is 20.4 Å². The summed E-state index contributed by atoms with van der Waals surface area (Å²) in [4.78, 5) is 22.6. The number of hydrogen-bond donors (Lipinski definition) is 1. The van der Waals surface area contributed by atoms with Crippen LogP contribution < -0.4 is 19.6 Å². The first-order valence-corrected chi connectivity index (χ1v) is 9.90. The van der Waals surface area contributed by atoms with Crippen molar-refractivity contribution < 1.29 is 23.9 Å². The fourth-order valence-corrected chi connectivity index (χ4v) is 4.71. The van der Waals surface area contributed by atoms with Crippen molar-refractivity contribution in [3.63, 3.8) is 0 Å². The Bertz CT molecular complexity index is 959. The molecule has 2 aromatic rings. The maximum atomic E-state index is 11.9. The molecule has 28 heavy (non-hydrogen) atoms. The summed E-state index contributed by atoms with van der Waals surface area (Å²) in [6.45, 7) is -0.318. The molecule has 0 saturated carbocycles. The first-order valence-electron chi connectivity index (χ1n) is 7.52. The van der Waals surface area contributed by atoms with Gasteiger partial charge in [-0.1, -0.05) is 15.9 Å². The van der Waals surface area contributed by atoms with E-state index in [0.717, 1.165) is 10.7 Å². The molecule has 0 saturated heterocycles. The van der Waals surface area contributed by atoms with Crippen LogP contribution >= 0.6 is 47.8 Å². The van der Waals surface area contributed by atoms with Crippen molar-refractivity contribution in [1.82, 2.24) is 5.43 Å². The molecule has 12 heteroatoms. The Hall–Kier alpha value is -2.18. The molecule has 1 heterocycles. The number of nitrogens with zero attached hydrogens (tertiary/aromatic N) is 2. The Morgan fingerprint density at radius 2 is 1.86 bits per heavy atom. The van der Waals surface area contributed by atoms with Crippen molar-refractivity contribution in [2.45, 2.75) is 0 Å². The molecule has 1 aliphatic rings. The van der Waals surface area contributed by atoms with Gasteiger partial charge in [0.05, 0.1) is 31.7 Å². The topological polar surface area (TPSA) is 112 Å². The maximum absolute atomic E-state index is 11.9. The number of carbonyl (C=O) groups excluding carboxylic acids is 1. The predicted octanol–water partition coefficient (Wildman–Crippen LogP) is 4.14. The van der Waals surface area contributed by atoms with Crippen LogP contribution in [0.2, 0.25) is 0 Å². The number of carbonyl (C=O) groups is 1. The average Bonchev–Trinajstić information content (AvgIpc) is 3.07. The second-order valence-electron chi connectivity index (χ2n) is 5.30. The van der Waals surface area contributed by atoms with Crippen LogP contribution in [0.15, 0.2) is 42.8 Å². The van der Waals surface area contributed by atoms with E-state index in [1.807, 2.05) is 0 Å². The molecule has 0 unspecified atom stereocenters. The minimum absolute atomic E-state index is 0.0116. The van der Waals surface area contributed by atoms with Gasteiger partial charge in [-0.25, -0.2) is 5.43 Å². The Kier molecular flexibility index (Phi) is 6.52. The van der Waals surface area contributed by atoms with Crippen LogP contribution in [0, 0.1) is 10.1 Å². The molecular weight excluding hydrogens is 570 g/mol. The number of hydrazone groups is 1. The van der Waals surface area contributed by atoms with E-state index < -0.39 is 10.8 Å². The normalized spacial score (nSPS) is 12.2. The predicted molar refractivity (Wildman–Crippen MR) is 110 cm³/mol. The van der Waals surface area contributed by atoms with Gasteiger partial charge in [0.1, 0.15) is 5.75 Å². The number of ether oxygens (including phenoxy) is 3. The molecule has 0 spiro atoms. The third-order valence-corrected chi connectivity index (χ3v) is 5.06. The number of amides is 1. The van der Waals surface area contributed by atoms with Crippen molar-refractivity contribution in [3.8, 4) is 17.2 Å². The number of benzene rings is 2. The third kappa shape index (κ3) is 4.80. The van der Waals surface area contributed by atoms with Gasteiger partial charge in [-0.15, -0.1) is 0 Å². The van der Waals surface area contributed by atoms with Crippen LogP contribution in [-0.4, -0.2) is 30.4 Å². The molecule has 9 nitrogen and oxygen atoms in total. The molecule has 0 fully saturated rings. The summed E-state index contributed by atoms with van der Waals surface area (Å²) in [6.07, 6.45) is 1.16. The summed E-state index contributed by atoms with van der Waals surface area (Å²) in [7, 11) is 0. The van der Waals surface area contributed by atoms with Gasteiger partial charge in [0.15, 0.2) is 18.1 Å². The lowest BCUT2D eigenvalue weighted by Gasteiger charge is -2.09. The van der Waals surface area contributed by atoms with Crippen LogP contribution in [0.3, 0.4) is 0 Å². The van der Waals surface area contributed by atoms with Gasteiger partial charge in [-0.3, -0.25) is 14.9 Å². The maximum Gasteiger partial charge on any atom is 0.282 e. The van der Waals surface area contributed by atoms with E-state index in [1.54, 1.807) is 12.1 Å². The number of fused-ring (bicyclic) bond motifs is 1. The monoisotopic (exact) mass is 577 g/mol. The van der Waals surface area contributed by atoms with E-state index in [-0.39, 0.29) is 30.4 Å². The fourth-order valence-electron chi connectivity index (χ4n) is 2.22. The summed E-state index contributed by atoms with van der Waals surface area (Å²) in [5.74, 6) is 0.564. The van der Waals surface area contributed by atoms with Crippen molar-refractivity contribution in [1.29, 1.82) is 0 Å². The lowest BCUT2D eigenvalue weighted by atomic mass is 10.1. The molecule has 0 aliphatic carbocycles. The molecule has 1 aliphatic heterocycles. The summed E-state index contributed by atoms with van der Waals surface area (Å²) < 4.78 is 17.9. The zero-order valence-corrected chi connectivity index (χ0v) is 18.5. The number of nitrogens with one attached hydrogen (secondary N) is 1. The zero-order valence-electron chi connectivity index (χ0n) is 13.8. The van der Waals surface area contributed by atoms with Crippen LogP contribution in [0.25, 0.3) is 0 Å². The van der Waals surface area contributed by atoms with Gasteiger partial charge in [-0.2, -0.15) is 5.10 Å². The van der Waals surface area contributed by atoms with Crippen molar-refractivity contribution in [3.05, 3.63) is 53.4 Å². The van der Waals surface area contributed by atoms with Gasteiger partial charge < -0.3 is 14.2 Å². The molecule has 0 atom stereocenters. The highest BCUT2D eigenvalue weighted by Gasteiger charge is 2.22. The highest BCUT2D eigenvalue weighted by Crippen LogP contribution is 2.37. The molecule has 0 bridgehead atoms. The second kappa shape index (κ2) is 8.88. The SMILES string of the molecule is O=C(COc1c(Br)cc(Br)cc1Br)N/N=C/c1cc2c(cc1[N+](=O)[O-])OCO2. The third-order valence-electron chi connectivity index (χ3n) is 3.42. The lowest BCUT2D eigenvalue weighted by molar-refractivity contribution is -0.385. The van der Waals surface area contributed by atoms with Gasteiger partial charge in [-0.05, 0) is 50.1 Å². The van der Waals surface area contributed by atoms with Crippen molar-refractivity contribution in [2.75, 3.05) is 13.4 Å². The standard InChI is InChI=1S/C16H10Br3N3O6/c17-9-2-10(18)16(11(19)3-9)26-6-15(23)21-20-5-8-1-13-14(28-7-27-13)4-12(8)22(24)25/h1-5H,6-7H2,(H,21,23)/b20-5+. The molecule has 0 aromatic heterocycles. The molecule has 0 radical (unpaired) electrons. The van der Waals surface area contributed by atoms with Gasteiger partial charge in [0.25, 0.3) is 11.6 Å². The van der Waals surface area contributed by atoms with Gasteiger partial charge in [0.2, 0.25) is 6.79 Å². The number of hydrogen-bond acceptors (Lipinski definition) is 7. The Morgan fingerprint density at radius 3 is 2.50 bits per heavy atom. The van der Waals surface area contributed by atoms with E-state index in [1.165, 1.54) is 12.1 Å². The molecule has 1 amide bonds. The molecular formula is C16H10Br3N3O6. The number of nitro benzene ring substituents is 1. The Morgan fingerprint density at radius 1 is 1.21 bits per heavy atom. The van der Waals surface area contributed by atoms with Gasteiger partial charge >= 0.3 is 0 Å². The number of halogens is 3. The summed E-state index contributed by atoms with van der Waals surface area (Å²) in [5.41, 5.74) is 2.20. The number of rotatable bonds is 6. The minimum Gasteiger partial charge on any atom is -0.481 e. The van der Waals surface area contributed by atoms with E-state index in [4.69, 9.17) is 14.2 Å². The molecule has 3 rings (SSSR count). The summed E-state index contributed by atoms with van der Waals surface area (Å²) in [6, 6.07) is 6.21. The largest absolute Gasteiger partial charge is 0.481 e. The summed E-state index contributed by atoms with van der Waals surface area (Å²) >= 11 is 10.0. The smallest absolute Gasteiger partial charge is 0.282 e. The first kappa shape index (κ1) is 20.6. The molecule has 2 aromatic carbocycles. The lowest BCUT2D eigenvalue weighted by Crippen LogP contribution is -2.24.